The van der Waals surface area contributed by atoms with Gasteiger partial charge in [-0.05, 0) is 56.7 Å². The van der Waals surface area contributed by atoms with Gasteiger partial charge in [-0.3, -0.25) is 0 Å². The van der Waals surface area contributed by atoms with E-state index in [4.69, 9.17) is 0 Å². The largest absolute Gasteiger partial charge is 0.319 e. The highest BCUT2D eigenvalue weighted by Gasteiger charge is 2.36. The molecular formula is C15H23N. The van der Waals surface area contributed by atoms with Gasteiger partial charge in [-0.2, -0.15) is 0 Å². The summed E-state index contributed by atoms with van der Waals surface area (Å²) in [4.78, 5) is 0. The highest BCUT2D eigenvalue weighted by Crippen LogP contribution is 2.43. The van der Waals surface area contributed by atoms with E-state index in [9.17, 15) is 0 Å². The first-order chi connectivity index (χ1) is 7.65. The van der Waals surface area contributed by atoms with Gasteiger partial charge in [-0.15, -0.1) is 0 Å². The second-order valence-electron chi connectivity index (χ2n) is 5.49. The first kappa shape index (κ1) is 11.7. The Morgan fingerprint density at radius 2 is 2.00 bits per heavy atom. The third-order valence-corrected chi connectivity index (χ3v) is 4.03. The Morgan fingerprint density at radius 3 is 2.50 bits per heavy atom. The minimum Gasteiger partial charge on any atom is -0.319 e. The van der Waals surface area contributed by atoms with E-state index in [0.29, 0.717) is 5.41 Å². The molecule has 0 heterocycles. The summed E-state index contributed by atoms with van der Waals surface area (Å²) in [6.45, 7) is 5.58. The monoisotopic (exact) mass is 217 g/mol. The highest BCUT2D eigenvalue weighted by molar-refractivity contribution is 5.31. The predicted octanol–water partition coefficient (Wildman–Crippen LogP) is 3.24. The van der Waals surface area contributed by atoms with Crippen LogP contribution < -0.4 is 5.32 Å². The summed E-state index contributed by atoms with van der Waals surface area (Å²) in [6, 6.07) is 6.87. The normalized spacial score (nSPS) is 18.2. The van der Waals surface area contributed by atoms with Crippen LogP contribution in [0, 0.1) is 19.3 Å². The van der Waals surface area contributed by atoms with E-state index in [1.165, 1.54) is 43.4 Å². The lowest BCUT2D eigenvalue weighted by molar-refractivity contribution is 0.133. The van der Waals surface area contributed by atoms with Crippen molar-refractivity contribution in [3.8, 4) is 0 Å². The number of rotatable bonds is 4. The zero-order chi connectivity index (χ0) is 11.6. The standard InChI is InChI=1S/C15H23N/c1-12-5-6-14(13(2)9-12)10-15(11-16-3)7-4-8-15/h5-6,9,16H,4,7-8,10-11H2,1-3H3. The van der Waals surface area contributed by atoms with Gasteiger partial charge in [0.1, 0.15) is 0 Å². The van der Waals surface area contributed by atoms with Crippen LogP contribution in [-0.4, -0.2) is 13.6 Å². The fourth-order valence-electron chi connectivity index (χ4n) is 2.92. The Balaban J connectivity index is 2.13. The summed E-state index contributed by atoms with van der Waals surface area (Å²) in [5.41, 5.74) is 4.93. The lowest BCUT2D eigenvalue weighted by Gasteiger charge is -2.42. The molecule has 0 radical (unpaired) electrons. The van der Waals surface area contributed by atoms with Gasteiger partial charge in [-0.25, -0.2) is 0 Å². The molecule has 1 saturated carbocycles. The van der Waals surface area contributed by atoms with Crippen LogP contribution in [0.3, 0.4) is 0 Å². The molecule has 0 aliphatic heterocycles. The fraction of sp³-hybridized carbons (Fsp3) is 0.600. The molecule has 0 bridgehead atoms. The molecule has 16 heavy (non-hydrogen) atoms. The van der Waals surface area contributed by atoms with Crippen molar-refractivity contribution in [2.75, 3.05) is 13.6 Å². The van der Waals surface area contributed by atoms with Crippen LogP contribution in [0.5, 0.6) is 0 Å². The van der Waals surface area contributed by atoms with Crippen LogP contribution in [0.25, 0.3) is 0 Å². The van der Waals surface area contributed by atoms with Gasteiger partial charge in [0.15, 0.2) is 0 Å². The molecule has 0 spiro atoms. The summed E-state index contributed by atoms with van der Waals surface area (Å²) in [6.07, 6.45) is 5.44. The van der Waals surface area contributed by atoms with Crippen LogP contribution in [0.15, 0.2) is 18.2 Å². The van der Waals surface area contributed by atoms with Gasteiger partial charge in [-0.1, -0.05) is 30.2 Å². The van der Waals surface area contributed by atoms with E-state index >= 15 is 0 Å². The van der Waals surface area contributed by atoms with E-state index in [1.54, 1.807) is 5.56 Å². The number of benzene rings is 1. The van der Waals surface area contributed by atoms with Gasteiger partial charge < -0.3 is 5.32 Å². The van der Waals surface area contributed by atoms with Crippen molar-refractivity contribution in [3.63, 3.8) is 0 Å². The lowest BCUT2D eigenvalue weighted by Crippen LogP contribution is -2.40. The average Bonchev–Trinajstić information content (AvgIpc) is 2.18. The molecular weight excluding hydrogens is 194 g/mol. The molecule has 1 heteroatoms. The molecule has 1 aromatic rings. The molecule has 1 fully saturated rings. The minimum absolute atomic E-state index is 0.550. The van der Waals surface area contributed by atoms with Gasteiger partial charge in [0, 0.05) is 6.54 Å². The molecule has 0 amide bonds. The van der Waals surface area contributed by atoms with E-state index < -0.39 is 0 Å². The zero-order valence-corrected chi connectivity index (χ0v) is 10.8. The van der Waals surface area contributed by atoms with E-state index in [0.717, 1.165) is 0 Å². The van der Waals surface area contributed by atoms with Gasteiger partial charge in [0.05, 0.1) is 0 Å². The molecule has 0 atom stereocenters. The second-order valence-corrected chi connectivity index (χ2v) is 5.49. The molecule has 2 rings (SSSR count). The van der Waals surface area contributed by atoms with Crippen molar-refractivity contribution in [1.29, 1.82) is 0 Å². The molecule has 1 nitrogen and oxygen atoms in total. The quantitative estimate of drug-likeness (QED) is 0.816. The van der Waals surface area contributed by atoms with E-state index in [1.807, 2.05) is 0 Å². The number of hydrogen-bond donors (Lipinski definition) is 1. The molecule has 1 N–H and O–H groups in total. The first-order valence-corrected chi connectivity index (χ1v) is 6.36. The Hall–Kier alpha value is -0.820. The summed E-state index contributed by atoms with van der Waals surface area (Å²) >= 11 is 0. The number of hydrogen-bond acceptors (Lipinski definition) is 1. The van der Waals surface area contributed by atoms with Crippen LogP contribution >= 0.6 is 0 Å². The van der Waals surface area contributed by atoms with Crippen molar-refractivity contribution >= 4 is 0 Å². The Kier molecular flexibility index (Phi) is 3.34. The van der Waals surface area contributed by atoms with Crippen molar-refractivity contribution in [2.45, 2.75) is 39.5 Å². The first-order valence-electron chi connectivity index (χ1n) is 6.36. The van der Waals surface area contributed by atoms with Crippen LogP contribution in [0.4, 0.5) is 0 Å². The Bertz CT molecular complexity index is 364. The summed E-state index contributed by atoms with van der Waals surface area (Å²) < 4.78 is 0. The van der Waals surface area contributed by atoms with Crippen molar-refractivity contribution < 1.29 is 0 Å². The maximum atomic E-state index is 3.36. The predicted molar refractivity (Wildman–Crippen MR) is 69.8 cm³/mol. The number of nitrogens with one attached hydrogen (secondary N) is 1. The Morgan fingerprint density at radius 1 is 1.25 bits per heavy atom. The lowest BCUT2D eigenvalue weighted by atomic mass is 9.65. The summed E-state index contributed by atoms with van der Waals surface area (Å²) in [7, 11) is 2.07. The average molecular weight is 217 g/mol. The highest BCUT2D eigenvalue weighted by atomic mass is 14.8. The zero-order valence-electron chi connectivity index (χ0n) is 10.8. The second kappa shape index (κ2) is 4.58. The van der Waals surface area contributed by atoms with E-state index in [2.05, 4.69) is 44.4 Å². The maximum Gasteiger partial charge on any atom is 0.000799 e. The maximum absolute atomic E-state index is 3.36. The fourth-order valence-corrected chi connectivity index (χ4v) is 2.92. The van der Waals surface area contributed by atoms with Gasteiger partial charge in [0.25, 0.3) is 0 Å². The van der Waals surface area contributed by atoms with Crippen LogP contribution in [0.1, 0.15) is 36.0 Å². The summed E-state index contributed by atoms with van der Waals surface area (Å²) in [5, 5.41) is 3.36. The van der Waals surface area contributed by atoms with Crippen molar-refractivity contribution in [1.82, 2.24) is 5.32 Å². The minimum atomic E-state index is 0.550. The topological polar surface area (TPSA) is 12.0 Å². The number of aryl methyl sites for hydroxylation is 2. The van der Waals surface area contributed by atoms with E-state index in [-0.39, 0.29) is 0 Å². The molecule has 1 aliphatic rings. The summed E-state index contributed by atoms with van der Waals surface area (Å²) in [5.74, 6) is 0. The van der Waals surface area contributed by atoms with Crippen molar-refractivity contribution in [3.05, 3.63) is 34.9 Å². The third-order valence-electron chi connectivity index (χ3n) is 4.03. The smallest absolute Gasteiger partial charge is 0.000799 e. The van der Waals surface area contributed by atoms with Crippen LogP contribution in [0.2, 0.25) is 0 Å². The molecule has 0 saturated heterocycles. The molecule has 1 aromatic carbocycles. The SMILES string of the molecule is CNCC1(Cc2ccc(C)cc2C)CCC1. The van der Waals surface area contributed by atoms with Crippen LogP contribution in [-0.2, 0) is 6.42 Å². The molecule has 0 aromatic heterocycles. The van der Waals surface area contributed by atoms with Gasteiger partial charge >= 0.3 is 0 Å². The third kappa shape index (κ3) is 2.30. The molecule has 88 valence electrons. The van der Waals surface area contributed by atoms with Crippen molar-refractivity contribution in [2.24, 2.45) is 5.41 Å². The molecule has 0 unspecified atom stereocenters. The molecule has 1 aliphatic carbocycles. The Labute approximate surface area is 99.3 Å². The van der Waals surface area contributed by atoms with Gasteiger partial charge in [0.2, 0.25) is 0 Å².